The number of nitrogens with zero attached hydrogens (tertiary/aromatic N) is 2. The molecule has 4 heteroatoms. The Morgan fingerprint density at radius 2 is 2.17 bits per heavy atom. The Bertz CT molecular complexity index is 370. The Balaban J connectivity index is 2.55. The van der Waals surface area contributed by atoms with Gasteiger partial charge >= 0.3 is 0 Å². The Morgan fingerprint density at radius 3 is 2.83 bits per heavy atom. The number of H-pyrrole nitrogens is 1. The average Bonchev–Trinajstić information content (AvgIpc) is 2.57. The molecule has 2 rings (SSSR count). The summed E-state index contributed by atoms with van der Waals surface area (Å²) in [5.74, 6) is 0. The van der Waals surface area contributed by atoms with Gasteiger partial charge in [0.1, 0.15) is 0 Å². The van der Waals surface area contributed by atoms with Gasteiger partial charge in [0.2, 0.25) is 0 Å². The van der Waals surface area contributed by atoms with Gasteiger partial charge in [0.25, 0.3) is 0 Å². The number of nitrogens with one attached hydrogen (secondary N) is 1. The molecule has 1 N–H and O–H groups in total. The molecule has 12 heavy (non-hydrogen) atoms. The van der Waals surface area contributed by atoms with Crippen LogP contribution in [0, 0.1) is 0 Å². The normalized spacial score (nSPS) is 10.1. The van der Waals surface area contributed by atoms with E-state index in [4.69, 9.17) is 11.6 Å². The van der Waals surface area contributed by atoms with E-state index in [1.807, 2.05) is 6.07 Å². The number of hydrogen-bond acceptors (Lipinski definition) is 2. The van der Waals surface area contributed by atoms with E-state index in [0.29, 0.717) is 5.02 Å². The van der Waals surface area contributed by atoms with Crippen molar-refractivity contribution in [2.75, 3.05) is 0 Å². The van der Waals surface area contributed by atoms with Crippen LogP contribution in [0.2, 0.25) is 5.02 Å². The summed E-state index contributed by atoms with van der Waals surface area (Å²) >= 11 is 5.91. The van der Waals surface area contributed by atoms with Crippen LogP contribution in [0.25, 0.3) is 11.3 Å². The topological polar surface area (TPSA) is 41.6 Å². The lowest BCUT2D eigenvalue weighted by molar-refractivity contribution is 1.30. The summed E-state index contributed by atoms with van der Waals surface area (Å²) in [5, 5.41) is 0.627. The van der Waals surface area contributed by atoms with E-state index in [0.717, 1.165) is 11.3 Å². The quantitative estimate of drug-likeness (QED) is 0.729. The average molecular weight is 180 g/mol. The van der Waals surface area contributed by atoms with Crippen LogP contribution in [0.1, 0.15) is 0 Å². The van der Waals surface area contributed by atoms with Crippen LogP contribution in [0.4, 0.5) is 0 Å². The van der Waals surface area contributed by atoms with Crippen LogP contribution in [0.3, 0.4) is 0 Å². The van der Waals surface area contributed by atoms with E-state index in [9.17, 15) is 0 Å². The summed E-state index contributed by atoms with van der Waals surface area (Å²) < 4.78 is 0. The summed E-state index contributed by atoms with van der Waals surface area (Å²) in [6.07, 6.45) is 6.65. The van der Waals surface area contributed by atoms with Gasteiger partial charge in [-0.1, -0.05) is 11.6 Å². The highest BCUT2D eigenvalue weighted by Gasteiger charge is 2.02. The number of pyridine rings is 1. The molecule has 60 valence electrons. The minimum atomic E-state index is 0.627. The Morgan fingerprint density at radius 1 is 1.25 bits per heavy atom. The maximum absolute atomic E-state index is 5.91. The molecular formula is C8H6ClN3. The third-order valence-corrected chi connectivity index (χ3v) is 1.86. The van der Waals surface area contributed by atoms with Gasteiger partial charge in [-0.05, 0) is 6.07 Å². The second kappa shape index (κ2) is 2.95. The van der Waals surface area contributed by atoms with Crippen LogP contribution in [0.15, 0.2) is 31.0 Å². The van der Waals surface area contributed by atoms with Crippen LogP contribution >= 0.6 is 11.6 Å². The van der Waals surface area contributed by atoms with Crippen molar-refractivity contribution in [2.24, 2.45) is 0 Å². The second-order valence-electron chi connectivity index (χ2n) is 2.32. The highest BCUT2D eigenvalue weighted by Crippen LogP contribution is 2.23. The molecular weight excluding hydrogens is 174 g/mol. The first-order valence-electron chi connectivity index (χ1n) is 3.46. The van der Waals surface area contributed by atoms with Gasteiger partial charge in [-0.3, -0.25) is 4.98 Å². The smallest absolute Gasteiger partial charge is 0.0924 e. The minimum absolute atomic E-state index is 0.627. The van der Waals surface area contributed by atoms with E-state index in [1.54, 1.807) is 24.9 Å². The zero-order chi connectivity index (χ0) is 8.39. The third kappa shape index (κ3) is 1.19. The van der Waals surface area contributed by atoms with Gasteiger partial charge in [0.05, 0.1) is 23.2 Å². The first-order valence-corrected chi connectivity index (χ1v) is 3.84. The van der Waals surface area contributed by atoms with Crippen molar-refractivity contribution in [3.63, 3.8) is 0 Å². The molecule has 2 heterocycles. The molecule has 0 fully saturated rings. The van der Waals surface area contributed by atoms with Gasteiger partial charge in [-0.25, -0.2) is 4.98 Å². The van der Waals surface area contributed by atoms with Gasteiger partial charge in [-0.15, -0.1) is 0 Å². The summed E-state index contributed by atoms with van der Waals surface area (Å²) in [4.78, 5) is 10.8. The zero-order valence-corrected chi connectivity index (χ0v) is 6.92. The molecule has 0 aliphatic heterocycles. The molecule has 3 nitrogen and oxygen atoms in total. The fraction of sp³-hybridized carbons (Fsp3) is 0. The maximum atomic E-state index is 5.91. The lowest BCUT2D eigenvalue weighted by Crippen LogP contribution is -1.79. The van der Waals surface area contributed by atoms with E-state index in [2.05, 4.69) is 15.0 Å². The molecule has 0 unspecified atom stereocenters. The molecule has 0 aliphatic rings. The van der Waals surface area contributed by atoms with Gasteiger partial charge in [0.15, 0.2) is 0 Å². The van der Waals surface area contributed by atoms with Gasteiger partial charge in [0, 0.05) is 18.0 Å². The molecule has 2 aromatic heterocycles. The Kier molecular flexibility index (Phi) is 1.80. The van der Waals surface area contributed by atoms with E-state index >= 15 is 0 Å². The largest absolute Gasteiger partial charge is 0.345 e. The Labute approximate surface area is 74.4 Å². The molecule has 0 aromatic carbocycles. The summed E-state index contributed by atoms with van der Waals surface area (Å²) in [7, 11) is 0. The lowest BCUT2D eigenvalue weighted by atomic mass is 10.2. The van der Waals surface area contributed by atoms with E-state index in [-0.39, 0.29) is 0 Å². The zero-order valence-electron chi connectivity index (χ0n) is 6.16. The molecule has 0 radical (unpaired) electrons. The molecule has 0 spiro atoms. The van der Waals surface area contributed by atoms with E-state index in [1.165, 1.54) is 0 Å². The van der Waals surface area contributed by atoms with Crippen molar-refractivity contribution >= 4 is 11.6 Å². The first kappa shape index (κ1) is 7.31. The predicted octanol–water partition coefficient (Wildman–Crippen LogP) is 2.13. The van der Waals surface area contributed by atoms with Crippen molar-refractivity contribution in [3.8, 4) is 11.3 Å². The van der Waals surface area contributed by atoms with Crippen LogP contribution in [-0.2, 0) is 0 Å². The maximum Gasteiger partial charge on any atom is 0.0924 e. The monoisotopic (exact) mass is 179 g/mol. The predicted molar refractivity (Wildman–Crippen MR) is 46.8 cm³/mol. The van der Waals surface area contributed by atoms with Gasteiger partial charge < -0.3 is 4.98 Å². The first-order chi connectivity index (χ1) is 5.88. The van der Waals surface area contributed by atoms with Crippen LogP contribution < -0.4 is 0 Å². The van der Waals surface area contributed by atoms with Crippen LogP contribution in [0.5, 0.6) is 0 Å². The van der Waals surface area contributed by atoms with Crippen molar-refractivity contribution in [1.29, 1.82) is 0 Å². The van der Waals surface area contributed by atoms with Crippen molar-refractivity contribution in [1.82, 2.24) is 15.0 Å². The number of rotatable bonds is 1. The molecule has 2 aromatic rings. The SMILES string of the molecule is Clc1cnccc1-c1cnc[nH]1. The second-order valence-corrected chi connectivity index (χ2v) is 2.73. The summed E-state index contributed by atoms with van der Waals surface area (Å²) in [6.45, 7) is 0. The standard InChI is InChI=1S/C8H6ClN3/c9-7-3-10-2-1-6(7)8-4-11-5-12-8/h1-5H,(H,11,12). The van der Waals surface area contributed by atoms with Crippen molar-refractivity contribution in [2.45, 2.75) is 0 Å². The number of hydrogen-bond donors (Lipinski definition) is 1. The van der Waals surface area contributed by atoms with Crippen molar-refractivity contribution in [3.05, 3.63) is 36.0 Å². The molecule has 0 bridgehead atoms. The van der Waals surface area contributed by atoms with Gasteiger partial charge in [-0.2, -0.15) is 0 Å². The summed E-state index contributed by atoms with van der Waals surface area (Å²) in [6, 6.07) is 1.84. The molecule has 0 amide bonds. The molecule has 0 atom stereocenters. The number of imidazole rings is 1. The highest BCUT2D eigenvalue weighted by atomic mass is 35.5. The van der Waals surface area contributed by atoms with E-state index < -0.39 is 0 Å². The van der Waals surface area contributed by atoms with Crippen LogP contribution in [-0.4, -0.2) is 15.0 Å². The lowest BCUT2D eigenvalue weighted by Gasteiger charge is -1.97. The molecule has 0 aliphatic carbocycles. The summed E-state index contributed by atoms with van der Waals surface area (Å²) in [5.41, 5.74) is 1.83. The molecule has 0 saturated heterocycles. The fourth-order valence-electron chi connectivity index (χ4n) is 0.997. The number of aromatic amines is 1. The Hall–Kier alpha value is -1.35. The number of halogens is 1. The number of aromatic nitrogens is 3. The third-order valence-electron chi connectivity index (χ3n) is 1.56. The fourth-order valence-corrected chi connectivity index (χ4v) is 1.22. The molecule has 0 saturated carbocycles. The van der Waals surface area contributed by atoms with Crippen molar-refractivity contribution < 1.29 is 0 Å². The minimum Gasteiger partial charge on any atom is -0.345 e. The highest BCUT2D eigenvalue weighted by molar-refractivity contribution is 6.33.